The van der Waals surface area contributed by atoms with Gasteiger partial charge in [0, 0.05) is 6.04 Å². The Kier molecular flexibility index (Phi) is 4.60. The lowest BCUT2D eigenvalue weighted by Crippen LogP contribution is -2.34. The number of hydrogen-bond donors (Lipinski definition) is 1. The molecule has 0 aliphatic carbocycles. The van der Waals surface area contributed by atoms with Gasteiger partial charge in [-0.15, -0.1) is 0 Å². The van der Waals surface area contributed by atoms with Gasteiger partial charge in [-0.05, 0) is 44.4 Å². The summed E-state index contributed by atoms with van der Waals surface area (Å²) in [5, 5.41) is 0. The van der Waals surface area contributed by atoms with E-state index in [0.29, 0.717) is 18.2 Å². The molecule has 0 bridgehead atoms. The molecule has 0 aromatic carbocycles. The molecule has 1 aliphatic heterocycles. The summed E-state index contributed by atoms with van der Waals surface area (Å²) in [5.41, 5.74) is 6.36. The quantitative estimate of drug-likeness (QED) is 0.779. The highest BCUT2D eigenvalue weighted by Gasteiger charge is 2.23. The minimum absolute atomic E-state index is 0.240. The van der Waals surface area contributed by atoms with Crippen molar-refractivity contribution < 1.29 is 4.74 Å². The molecule has 3 unspecified atom stereocenters. The Hall–Kier alpha value is -0.0800. The second-order valence-corrected chi connectivity index (χ2v) is 6.05. The molecule has 15 heavy (non-hydrogen) atoms. The van der Waals surface area contributed by atoms with Crippen molar-refractivity contribution in [2.24, 2.45) is 11.1 Å². The van der Waals surface area contributed by atoms with Crippen molar-refractivity contribution in [1.82, 2.24) is 0 Å². The third-order valence-electron chi connectivity index (χ3n) is 3.47. The first-order valence-corrected chi connectivity index (χ1v) is 6.30. The van der Waals surface area contributed by atoms with E-state index in [1.54, 1.807) is 0 Å². The molecule has 0 aromatic heterocycles. The predicted molar refractivity (Wildman–Crippen MR) is 64.9 cm³/mol. The molecular formula is C13H27NO. The summed E-state index contributed by atoms with van der Waals surface area (Å²) < 4.78 is 5.79. The van der Waals surface area contributed by atoms with Crippen molar-refractivity contribution in [3.8, 4) is 0 Å². The van der Waals surface area contributed by atoms with Crippen LogP contribution in [0.1, 0.15) is 59.8 Å². The lowest BCUT2D eigenvalue weighted by atomic mass is 9.84. The summed E-state index contributed by atoms with van der Waals surface area (Å²) in [5.74, 6) is 0. The minimum Gasteiger partial charge on any atom is -0.375 e. The van der Waals surface area contributed by atoms with E-state index in [1.807, 2.05) is 0 Å². The molecule has 0 amide bonds. The molecule has 1 heterocycles. The summed E-state index contributed by atoms with van der Waals surface area (Å²) in [6.45, 7) is 8.81. The lowest BCUT2D eigenvalue weighted by molar-refractivity contribution is 0.0486. The van der Waals surface area contributed by atoms with Crippen LogP contribution in [0.3, 0.4) is 0 Å². The van der Waals surface area contributed by atoms with Crippen LogP contribution in [-0.2, 0) is 4.74 Å². The molecule has 0 aromatic rings. The van der Waals surface area contributed by atoms with Crippen LogP contribution < -0.4 is 5.73 Å². The highest BCUT2D eigenvalue weighted by Crippen LogP contribution is 2.25. The Morgan fingerprint density at radius 1 is 1.33 bits per heavy atom. The highest BCUT2D eigenvalue weighted by atomic mass is 16.5. The van der Waals surface area contributed by atoms with E-state index in [2.05, 4.69) is 27.7 Å². The third kappa shape index (κ3) is 4.52. The molecule has 0 spiro atoms. The maximum atomic E-state index is 6.12. The molecule has 1 rings (SSSR count). The minimum atomic E-state index is 0.240. The van der Waals surface area contributed by atoms with E-state index in [4.69, 9.17) is 10.5 Å². The summed E-state index contributed by atoms with van der Waals surface area (Å²) in [6, 6.07) is 0.316. The molecule has 1 saturated heterocycles. The van der Waals surface area contributed by atoms with Gasteiger partial charge in [-0.25, -0.2) is 0 Å². The highest BCUT2D eigenvalue weighted by molar-refractivity contribution is 4.78. The van der Waals surface area contributed by atoms with E-state index in [1.165, 1.54) is 25.7 Å². The lowest BCUT2D eigenvalue weighted by Gasteiger charge is -2.27. The van der Waals surface area contributed by atoms with E-state index in [-0.39, 0.29) is 5.41 Å². The largest absolute Gasteiger partial charge is 0.375 e. The summed E-state index contributed by atoms with van der Waals surface area (Å²) in [6.07, 6.45) is 6.97. The van der Waals surface area contributed by atoms with Gasteiger partial charge in [0.25, 0.3) is 0 Å². The van der Waals surface area contributed by atoms with Crippen LogP contribution in [0.25, 0.3) is 0 Å². The third-order valence-corrected chi connectivity index (χ3v) is 3.47. The predicted octanol–water partition coefficient (Wildman–Crippen LogP) is 3.10. The average Bonchev–Trinajstić information content (AvgIpc) is 2.49. The first-order valence-electron chi connectivity index (χ1n) is 6.30. The van der Waals surface area contributed by atoms with Crippen LogP contribution in [0, 0.1) is 5.41 Å². The van der Waals surface area contributed by atoms with Gasteiger partial charge in [-0.1, -0.05) is 20.8 Å². The first kappa shape index (κ1) is 13.0. The standard InChI is InChI=1S/C13H27NO/c1-10-8-9-11(15-10)6-5-7-12(14)13(2,3)4/h10-12H,5-9,14H2,1-4H3. The zero-order chi connectivity index (χ0) is 11.5. The number of nitrogens with two attached hydrogens (primary N) is 1. The van der Waals surface area contributed by atoms with Gasteiger partial charge in [-0.3, -0.25) is 0 Å². The van der Waals surface area contributed by atoms with E-state index in [0.717, 1.165) is 6.42 Å². The van der Waals surface area contributed by atoms with E-state index in [9.17, 15) is 0 Å². The van der Waals surface area contributed by atoms with Crippen LogP contribution in [0.2, 0.25) is 0 Å². The molecule has 2 heteroatoms. The fourth-order valence-electron chi connectivity index (χ4n) is 2.10. The van der Waals surface area contributed by atoms with Gasteiger partial charge >= 0.3 is 0 Å². The Labute approximate surface area is 94.6 Å². The summed E-state index contributed by atoms with van der Waals surface area (Å²) in [4.78, 5) is 0. The summed E-state index contributed by atoms with van der Waals surface area (Å²) in [7, 11) is 0. The van der Waals surface area contributed by atoms with Crippen molar-refractivity contribution in [3.63, 3.8) is 0 Å². The monoisotopic (exact) mass is 213 g/mol. The van der Waals surface area contributed by atoms with Gasteiger partial charge in [0.2, 0.25) is 0 Å². The Bertz CT molecular complexity index is 185. The van der Waals surface area contributed by atoms with Crippen molar-refractivity contribution in [2.75, 3.05) is 0 Å². The smallest absolute Gasteiger partial charge is 0.0579 e. The molecule has 3 atom stereocenters. The SMILES string of the molecule is CC1CCC(CCCC(N)C(C)(C)C)O1. The van der Waals surface area contributed by atoms with Gasteiger partial charge in [0.1, 0.15) is 0 Å². The number of hydrogen-bond acceptors (Lipinski definition) is 2. The van der Waals surface area contributed by atoms with Gasteiger partial charge in [0.05, 0.1) is 12.2 Å². The molecule has 0 saturated carbocycles. The fourth-order valence-corrected chi connectivity index (χ4v) is 2.10. The fraction of sp³-hybridized carbons (Fsp3) is 1.00. The Balaban J connectivity index is 2.11. The van der Waals surface area contributed by atoms with Crippen molar-refractivity contribution >= 4 is 0 Å². The molecule has 1 fully saturated rings. The molecule has 2 nitrogen and oxygen atoms in total. The molecule has 90 valence electrons. The maximum absolute atomic E-state index is 6.12. The maximum Gasteiger partial charge on any atom is 0.0579 e. The number of rotatable bonds is 4. The molecule has 1 aliphatic rings. The molecular weight excluding hydrogens is 186 g/mol. The van der Waals surface area contributed by atoms with Crippen LogP contribution in [0.5, 0.6) is 0 Å². The number of ether oxygens (including phenoxy) is 1. The summed E-state index contributed by atoms with van der Waals surface area (Å²) >= 11 is 0. The topological polar surface area (TPSA) is 35.2 Å². The average molecular weight is 213 g/mol. The van der Waals surface area contributed by atoms with Crippen LogP contribution >= 0.6 is 0 Å². The van der Waals surface area contributed by atoms with Crippen molar-refractivity contribution in [3.05, 3.63) is 0 Å². The molecule has 0 radical (unpaired) electrons. The van der Waals surface area contributed by atoms with Crippen molar-refractivity contribution in [2.45, 2.75) is 78.0 Å². The first-order chi connectivity index (χ1) is 6.89. The van der Waals surface area contributed by atoms with Gasteiger partial charge in [0.15, 0.2) is 0 Å². The van der Waals surface area contributed by atoms with Crippen LogP contribution in [0.4, 0.5) is 0 Å². The zero-order valence-electron chi connectivity index (χ0n) is 10.8. The van der Waals surface area contributed by atoms with Gasteiger partial charge < -0.3 is 10.5 Å². The normalized spacial score (nSPS) is 29.4. The van der Waals surface area contributed by atoms with Crippen molar-refractivity contribution in [1.29, 1.82) is 0 Å². The zero-order valence-corrected chi connectivity index (χ0v) is 10.8. The van der Waals surface area contributed by atoms with Crippen LogP contribution in [0.15, 0.2) is 0 Å². The molecule has 2 N–H and O–H groups in total. The Morgan fingerprint density at radius 2 is 2.00 bits per heavy atom. The van der Waals surface area contributed by atoms with E-state index < -0.39 is 0 Å². The van der Waals surface area contributed by atoms with Crippen LogP contribution in [-0.4, -0.2) is 18.2 Å². The second-order valence-electron chi connectivity index (χ2n) is 6.05. The second kappa shape index (κ2) is 5.31. The Morgan fingerprint density at radius 3 is 2.47 bits per heavy atom. The van der Waals surface area contributed by atoms with Gasteiger partial charge in [-0.2, -0.15) is 0 Å². The van der Waals surface area contributed by atoms with E-state index >= 15 is 0 Å².